The number of benzene rings is 2. The number of thioether (sulfide) groups is 1. The molecule has 3 rings (SSSR count). The monoisotopic (exact) mass is 350 g/mol. The molecule has 0 unspecified atom stereocenters. The van der Waals surface area contributed by atoms with E-state index in [-0.39, 0.29) is 0 Å². The number of aryl methyl sites for hydroxylation is 3. The second-order valence-corrected chi connectivity index (χ2v) is 8.21. The van der Waals surface area contributed by atoms with E-state index in [1.54, 1.807) is 11.8 Å². The minimum atomic E-state index is 0.972. The van der Waals surface area contributed by atoms with Crippen molar-refractivity contribution in [1.29, 1.82) is 0 Å². The summed E-state index contributed by atoms with van der Waals surface area (Å²) < 4.78 is 1.32. The Balaban J connectivity index is 1.64. The third-order valence-corrected chi connectivity index (χ3v) is 6.43. The van der Waals surface area contributed by atoms with Crippen molar-refractivity contribution in [3.05, 3.63) is 87.7 Å². The number of fused-ring (bicyclic) bond motifs is 1. The normalized spacial score (nSPS) is 11.5. The molecule has 0 fully saturated rings. The number of rotatable bonds is 5. The first-order valence-electron chi connectivity index (χ1n) is 8.11. The summed E-state index contributed by atoms with van der Waals surface area (Å²) in [6, 6.07) is 15.3. The summed E-state index contributed by atoms with van der Waals surface area (Å²) in [6.45, 7) is 10.8. The van der Waals surface area contributed by atoms with Gasteiger partial charge in [-0.05, 0) is 72.4 Å². The van der Waals surface area contributed by atoms with Gasteiger partial charge in [0.25, 0.3) is 0 Å². The second-order valence-electron chi connectivity index (χ2n) is 6.13. The van der Waals surface area contributed by atoms with Crippen LogP contribution in [0.15, 0.2) is 60.5 Å². The molecule has 0 aliphatic heterocycles. The quantitative estimate of drug-likeness (QED) is 0.465. The number of allylic oxidation sites excluding steroid dienone is 1. The Bertz CT molecular complexity index is 880. The van der Waals surface area contributed by atoms with Gasteiger partial charge in [0.15, 0.2) is 0 Å². The van der Waals surface area contributed by atoms with Gasteiger partial charge in [-0.1, -0.05) is 54.7 Å². The zero-order chi connectivity index (χ0) is 17.1. The van der Waals surface area contributed by atoms with Gasteiger partial charge in [-0.15, -0.1) is 11.3 Å². The van der Waals surface area contributed by atoms with E-state index >= 15 is 0 Å². The fourth-order valence-electron chi connectivity index (χ4n) is 2.72. The van der Waals surface area contributed by atoms with Gasteiger partial charge in [0.05, 0.1) is 0 Å². The zero-order valence-corrected chi connectivity index (χ0v) is 16.1. The fraction of sp³-hybridized carbons (Fsp3) is 0.182. The molecule has 0 amide bonds. The van der Waals surface area contributed by atoms with E-state index in [1.807, 2.05) is 11.3 Å². The van der Waals surface area contributed by atoms with Crippen molar-refractivity contribution in [2.75, 3.05) is 0 Å². The van der Waals surface area contributed by atoms with Crippen LogP contribution in [-0.2, 0) is 6.42 Å². The molecule has 1 heterocycles. The van der Waals surface area contributed by atoms with Crippen LogP contribution in [0.2, 0.25) is 0 Å². The lowest BCUT2D eigenvalue weighted by Gasteiger charge is -2.07. The number of hydrogen-bond donors (Lipinski definition) is 0. The van der Waals surface area contributed by atoms with Gasteiger partial charge in [-0.3, -0.25) is 0 Å². The third kappa shape index (κ3) is 3.82. The molecule has 0 saturated heterocycles. The van der Waals surface area contributed by atoms with Crippen molar-refractivity contribution >= 4 is 38.1 Å². The topological polar surface area (TPSA) is 0 Å². The molecule has 1 aromatic heterocycles. The smallest absolute Gasteiger partial charge is 0.0416 e. The molecule has 122 valence electrons. The van der Waals surface area contributed by atoms with Gasteiger partial charge in [0.2, 0.25) is 0 Å². The first kappa shape index (κ1) is 17.1. The maximum atomic E-state index is 4.23. The lowest BCUT2D eigenvalue weighted by atomic mass is 9.99. The largest absolute Gasteiger partial charge is 0.135 e. The first-order valence-corrected chi connectivity index (χ1v) is 9.80. The Morgan fingerprint density at radius 2 is 1.79 bits per heavy atom. The van der Waals surface area contributed by atoms with Crippen molar-refractivity contribution in [3.63, 3.8) is 0 Å². The van der Waals surface area contributed by atoms with Crippen molar-refractivity contribution in [2.24, 2.45) is 0 Å². The summed E-state index contributed by atoms with van der Waals surface area (Å²) in [6.07, 6.45) is 3.21. The SMILES string of the molecule is C=C(S/C=C/Cc1cc(C)c(C)cc1C)c1cc2ccccc2s1. The number of thiophene rings is 1. The lowest BCUT2D eigenvalue weighted by Crippen LogP contribution is -1.91. The predicted octanol–water partition coefficient (Wildman–Crippen LogP) is 7.29. The van der Waals surface area contributed by atoms with Crippen molar-refractivity contribution < 1.29 is 0 Å². The minimum absolute atomic E-state index is 0.972. The highest BCUT2D eigenvalue weighted by Crippen LogP contribution is 2.35. The molecule has 0 nitrogen and oxygen atoms in total. The van der Waals surface area contributed by atoms with Crippen LogP contribution >= 0.6 is 23.1 Å². The zero-order valence-electron chi connectivity index (χ0n) is 14.4. The van der Waals surface area contributed by atoms with Gasteiger partial charge in [0.1, 0.15) is 0 Å². The molecule has 0 bridgehead atoms. The molecule has 0 aliphatic rings. The van der Waals surface area contributed by atoms with Crippen molar-refractivity contribution in [1.82, 2.24) is 0 Å². The summed E-state index contributed by atoms with van der Waals surface area (Å²) >= 11 is 3.52. The summed E-state index contributed by atoms with van der Waals surface area (Å²) in [7, 11) is 0. The van der Waals surface area contributed by atoms with E-state index in [4.69, 9.17) is 0 Å². The Kier molecular flexibility index (Phi) is 5.27. The van der Waals surface area contributed by atoms with Crippen molar-refractivity contribution in [3.8, 4) is 0 Å². The fourth-order valence-corrected chi connectivity index (χ4v) is 4.45. The molecule has 2 heteroatoms. The molecule has 2 aromatic carbocycles. The van der Waals surface area contributed by atoms with Crippen LogP contribution in [0.5, 0.6) is 0 Å². The van der Waals surface area contributed by atoms with E-state index < -0.39 is 0 Å². The molecular formula is C22H22S2. The molecule has 24 heavy (non-hydrogen) atoms. The molecule has 0 N–H and O–H groups in total. The standard InChI is InChI=1S/C22H22S2/c1-15-12-17(3)19(13-16(15)2)9-7-11-23-18(4)22-14-20-8-5-6-10-21(20)24-22/h5-8,10-14H,4,9H2,1-3H3/b11-7+. The van der Waals surface area contributed by atoms with E-state index in [0.717, 1.165) is 11.3 Å². The van der Waals surface area contributed by atoms with Crippen LogP contribution in [-0.4, -0.2) is 0 Å². The Morgan fingerprint density at radius 1 is 1.04 bits per heavy atom. The Morgan fingerprint density at radius 3 is 2.58 bits per heavy atom. The summed E-state index contributed by atoms with van der Waals surface area (Å²) in [4.78, 5) is 2.37. The highest BCUT2D eigenvalue weighted by molar-refractivity contribution is 8.11. The molecule has 0 saturated carbocycles. The molecule has 0 aliphatic carbocycles. The summed E-state index contributed by atoms with van der Waals surface area (Å²) in [5.41, 5.74) is 5.51. The average molecular weight is 351 g/mol. The molecule has 0 radical (unpaired) electrons. The summed E-state index contributed by atoms with van der Waals surface area (Å²) in [5.74, 6) is 0. The second kappa shape index (κ2) is 7.42. The maximum absolute atomic E-state index is 4.23. The first-order chi connectivity index (χ1) is 11.5. The van der Waals surface area contributed by atoms with E-state index in [2.05, 4.69) is 81.3 Å². The van der Waals surface area contributed by atoms with Gasteiger partial charge >= 0.3 is 0 Å². The molecule has 3 aromatic rings. The van der Waals surface area contributed by atoms with Crippen LogP contribution in [0, 0.1) is 20.8 Å². The highest BCUT2D eigenvalue weighted by atomic mass is 32.2. The molecule has 0 atom stereocenters. The van der Waals surface area contributed by atoms with Crippen LogP contribution in [0.25, 0.3) is 15.0 Å². The van der Waals surface area contributed by atoms with E-state index in [1.165, 1.54) is 37.2 Å². The lowest BCUT2D eigenvalue weighted by molar-refractivity contribution is 1.17. The number of hydrogen-bond acceptors (Lipinski definition) is 2. The van der Waals surface area contributed by atoms with Crippen molar-refractivity contribution in [2.45, 2.75) is 27.2 Å². The average Bonchev–Trinajstić information content (AvgIpc) is 3.00. The highest BCUT2D eigenvalue weighted by Gasteiger charge is 2.04. The van der Waals surface area contributed by atoms with E-state index in [0.29, 0.717) is 0 Å². The van der Waals surface area contributed by atoms with Gasteiger partial charge < -0.3 is 0 Å². The van der Waals surface area contributed by atoms with Gasteiger partial charge in [-0.25, -0.2) is 0 Å². The third-order valence-electron chi connectivity index (χ3n) is 4.30. The molecular weight excluding hydrogens is 328 g/mol. The van der Waals surface area contributed by atoms with Crippen LogP contribution in [0.4, 0.5) is 0 Å². The van der Waals surface area contributed by atoms with E-state index in [9.17, 15) is 0 Å². The van der Waals surface area contributed by atoms with Crippen LogP contribution in [0.1, 0.15) is 27.1 Å². The van der Waals surface area contributed by atoms with Crippen LogP contribution < -0.4 is 0 Å². The maximum Gasteiger partial charge on any atom is 0.0416 e. The van der Waals surface area contributed by atoms with Gasteiger partial charge in [0, 0.05) is 14.5 Å². The summed E-state index contributed by atoms with van der Waals surface area (Å²) in [5, 5.41) is 3.47. The Hall–Kier alpha value is -1.77. The predicted molar refractivity (Wildman–Crippen MR) is 112 cm³/mol. The van der Waals surface area contributed by atoms with Gasteiger partial charge in [-0.2, -0.15) is 0 Å². The molecule has 0 spiro atoms. The van der Waals surface area contributed by atoms with Crippen LogP contribution in [0.3, 0.4) is 0 Å². The minimum Gasteiger partial charge on any atom is -0.135 e. The Labute approximate surface area is 152 Å².